The van der Waals surface area contributed by atoms with Gasteiger partial charge in [-0.3, -0.25) is 19.6 Å². The summed E-state index contributed by atoms with van der Waals surface area (Å²) in [6.07, 6.45) is 2.56. The standard InChI is InChI=1S/C35H31F2N3O4S/c1-43-16-15-38-21-25-3-2-4-27(40-25)31-20-28-34(45-31)30(11-14-39-28)44-29-10-7-23(17-26(29)37)19-33(42)35(12-13-35)32(41)18-22-5-8-24(36)9-6-22/h2-11,14,17,20,38H,12-13,15-16,18-19,21H2,1H3. The molecule has 0 bridgehead atoms. The zero-order valence-corrected chi connectivity index (χ0v) is 25.5. The van der Waals surface area contributed by atoms with Gasteiger partial charge < -0.3 is 14.8 Å². The highest BCUT2D eigenvalue weighted by molar-refractivity contribution is 7.22. The largest absolute Gasteiger partial charge is 0.453 e. The first-order chi connectivity index (χ1) is 21.8. The molecule has 3 heterocycles. The minimum Gasteiger partial charge on any atom is -0.453 e. The first kappa shape index (κ1) is 30.6. The molecule has 5 aromatic rings. The van der Waals surface area contributed by atoms with E-state index in [0.717, 1.165) is 27.5 Å². The van der Waals surface area contributed by atoms with Crippen molar-refractivity contribution >= 4 is 33.1 Å². The molecule has 230 valence electrons. The predicted molar refractivity (Wildman–Crippen MR) is 168 cm³/mol. The number of hydrogen-bond acceptors (Lipinski definition) is 8. The number of ether oxygens (including phenoxy) is 2. The molecule has 0 unspecified atom stereocenters. The van der Waals surface area contributed by atoms with Gasteiger partial charge in [-0.25, -0.2) is 8.78 Å². The number of aromatic nitrogens is 2. The zero-order chi connectivity index (χ0) is 31.4. The molecule has 2 aromatic carbocycles. The molecule has 0 amide bonds. The molecule has 6 rings (SSSR count). The third kappa shape index (κ3) is 6.98. The number of ketones is 2. The maximum atomic E-state index is 15.3. The summed E-state index contributed by atoms with van der Waals surface area (Å²) in [6, 6.07) is 19.6. The van der Waals surface area contributed by atoms with Gasteiger partial charge in [0.1, 0.15) is 11.6 Å². The van der Waals surface area contributed by atoms with Gasteiger partial charge >= 0.3 is 0 Å². The van der Waals surface area contributed by atoms with Gasteiger partial charge in [0.15, 0.2) is 23.1 Å². The molecule has 1 aliphatic carbocycles. The average Bonchev–Trinajstić information content (AvgIpc) is 3.74. The molecule has 45 heavy (non-hydrogen) atoms. The Morgan fingerprint density at radius 3 is 2.42 bits per heavy atom. The van der Waals surface area contributed by atoms with Gasteiger partial charge in [0, 0.05) is 45.3 Å². The molecule has 0 aliphatic heterocycles. The van der Waals surface area contributed by atoms with E-state index in [2.05, 4.69) is 10.3 Å². The second kappa shape index (κ2) is 13.3. The van der Waals surface area contributed by atoms with Gasteiger partial charge in [-0.05, 0) is 66.4 Å². The van der Waals surface area contributed by atoms with Gasteiger partial charge in [0.05, 0.1) is 38.5 Å². The first-order valence-electron chi connectivity index (χ1n) is 14.7. The molecular formula is C35H31F2N3O4S. The summed E-state index contributed by atoms with van der Waals surface area (Å²) in [6.45, 7) is 1.96. The minimum atomic E-state index is -1.05. The van der Waals surface area contributed by atoms with Crippen LogP contribution in [0.2, 0.25) is 0 Å². The van der Waals surface area contributed by atoms with E-state index in [9.17, 15) is 14.0 Å². The van der Waals surface area contributed by atoms with Crippen LogP contribution in [-0.2, 0) is 33.7 Å². The molecule has 3 aromatic heterocycles. The molecule has 1 aliphatic rings. The molecular weight excluding hydrogens is 596 g/mol. The number of rotatable bonds is 14. The molecule has 10 heteroatoms. The number of nitrogens with zero attached hydrogens (tertiary/aromatic N) is 2. The number of benzene rings is 2. The maximum absolute atomic E-state index is 15.3. The van der Waals surface area contributed by atoms with E-state index < -0.39 is 11.2 Å². The van der Waals surface area contributed by atoms with Crippen LogP contribution >= 0.6 is 11.3 Å². The number of hydrogen-bond donors (Lipinski definition) is 1. The molecule has 0 spiro atoms. The van der Waals surface area contributed by atoms with Crippen LogP contribution in [0.5, 0.6) is 11.5 Å². The quantitative estimate of drug-likeness (QED) is 0.106. The molecule has 1 saturated carbocycles. The predicted octanol–water partition coefficient (Wildman–Crippen LogP) is 6.87. The number of methoxy groups -OCH3 is 1. The van der Waals surface area contributed by atoms with Crippen LogP contribution in [0.1, 0.15) is 29.7 Å². The zero-order valence-electron chi connectivity index (χ0n) is 24.6. The van der Waals surface area contributed by atoms with Crippen molar-refractivity contribution in [1.29, 1.82) is 0 Å². The van der Waals surface area contributed by atoms with E-state index >= 15 is 4.39 Å². The van der Waals surface area contributed by atoms with Gasteiger partial charge in [0.2, 0.25) is 0 Å². The Bertz CT molecular complexity index is 1850. The molecule has 7 nitrogen and oxygen atoms in total. The number of thiophene rings is 1. The monoisotopic (exact) mass is 627 g/mol. The van der Waals surface area contributed by atoms with Crippen LogP contribution in [0.15, 0.2) is 79.0 Å². The number of pyridine rings is 2. The second-order valence-corrected chi connectivity index (χ2v) is 12.1. The van der Waals surface area contributed by atoms with E-state index in [4.69, 9.17) is 14.5 Å². The van der Waals surface area contributed by atoms with E-state index in [-0.39, 0.29) is 36.0 Å². The summed E-state index contributed by atoms with van der Waals surface area (Å²) in [5.41, 5.74) is 2.49. The number of fused-ring (bicyclic) bond motifs is 1. The lowest BCUT2D eigenvalue weighted by Crippen LogP contribution is -2.28. The number of carbonyl (C=O) groups excluding carboxylic acids is 2. The Morgan fingerprint density at radius 1 is 0.933 bits per heavy atom. The number of nitrogens with one attached hydrogen (secondary N) is 1. The van der Waals surface area contributed by atoms with Crippen LogP contribution in [-0.4, -0.2) is 41.8 Å². The fourth-order valence-electron chi connectivity index (χ4n) is 5.23. The summed E-state index contributed by atoms with van der Waals surface area (Å²) < 4.78 is 40.3. The minimum absolute atomic E-state index is 0.0180. The molecule has 1 fully saturated rings. The van der Waals surface area contributed by atoms with Crippen molar-refractivity contribution in [2.75, 3.05) is 20.3 Å². The lowest BCUT2D eigenvalue weighted by molar-refractivity contribution is -0.133. The SMILES string of the molecule is COCCNCc1cccc(-c2cc3nccc(Oc4ccc(CC(=O)C5(C(=O)Cc6ccc(F)cc6)CC5)cc4F)c3s2)n1. The maximum Gasteiger partial charge on any atom is 0.166 e. The van der Waals surface area contributed by atoms with Crippen molar-refractivity contribution in [3.63, 3.8) is 0 Å². The average molecular weight is 628 g/mol. The Balaban J connectivity index is 1.13. The topological polar surface area (TPSA) is 90.4 Å². The highest BCUT2D eigenvalue weighted by Crippen LogP contribution is 2.49. The Hall–Kier alpha value is -4.38. The third-order valence-corrected chi connectivity index (χ3v) is 9.06. The van der Waals surface area contributed by atoms with Crippen LogP contribution < -0.4 is 10.1 Å². The van der Waals surface area contributed by atoms with Gasteiger partial charge in [0.25, 0.3) is 0 Å². The highest BCUT2D eigenvalue weighted by atomic mass is 32.1. The smallest absolute Gasteiger partial charge is 0.166 e. The number of carbonyl (C=O) groups is 2. The van der Waals surface area contributed by atoms with Crippen LogP contribution in [0, 0.1) is 17.0 Å². The number of halogens is 2. The third-order valence-electron chi connectivity index (χ3n) is 7.90. The summed E-state index contributed by atoms with van der Waals surface area (Å²) in [5.74, 6) is -0.929. The van der Waals surface area contributed by atoms with Crippen molar-refractivity contribution < 1.29 is 27.8 Å². The lowest BCUT2D eigenvalue weighted by Gasteiger charge is -2.14. The molecule has 0 atom stereocenters. The summed E-state index contributed by atoms with van der Waals surface area (Å²) in [4.78, 5) is 36.3. The first-order valence-corrected chi connectivity index (χ1v) is 15.5. The van der Waals surface area contributed by atoms with Gasteiger partial charge in [-0.15, -0.1) is 11.3 Å². The Kier molecular flexibility index (Phi) is 9.07. The fraction of sp³-hybridized carbons (Fsp3) is 0.257. The van der Waals surface area contributed by atoms with Crippen LogP contribution in [0.4, 0.5) is 8.78 Å². The van der Waals surface area contributed by atoms with Gasteiger partial charge in [-0.2, -0.15) is 0 Å². The van der Waals surface area contributed by atoms with Crippen molar-refractivity contribution in [3.05, 3.63) is 107 Å². The van der Waals surface area contributed by atoms with E-state index in [0.29, 0.717) is 48.4 Å². The van der Waals surface area contributed by atoms with E-state index in [1.54, 1.807) is 37.6 Å². The molecule has 0 saturated heterocycles. The fourth-order valence-corrected chi connectivity index (χ4v) is 6.27. The van der Waals surface area contributed by atoms with E-state index in [1.807, 2.05) is 24.3 Å². The summed E-state index contributed by atoms with van der Waals surface area (Å²) in [5, 5.41) is 3.29. The van der Waals surface area contributed by atoms with Crippen LogP contribution in [0.3, 0.4) is 0 Å². The Labute approximate surface area is 263 Å². The normalized spacial score (nSPS) is 13.6. The van der Waals surface area contributed by atoms with Crippen molar-refractivity contribution in [3.8, 4) is 22.1 Å². The van der Waals surface area contributed by atoms with Crippen molar-refractivity contribution in [2.24, 2.45) is 5.41 Å². The summed E-state index contributed by atoms with van der Waals surface area (Å²) >= 11 is 1.46. The van der Waals surface area contributed by atoms with Crippen LogP contribution in [0.25, 0.3) is 20.8 Å². The molecule has 0 radical (unpaired) electrons. The molecule has 1 N–H and O–H groups in total. The lowest BCUT2D eigenvalue weighted by atomic mass is 9.88. The second-order valence-electron chi connectivity index (χ2n) is 11.1. The van der Waals surface area contributed by atoms with Crippen molar-refractivity contribution in [2.45, 2.75) is 32.2 Å². The summed E-state index contributed by atoms with van der Waals surface area (Å²) in [7, 11) is 1.66. The van der Waals surface area contributed by atoms with Gasteiger partial charge in [-0.1, -0.05) is 24.3 Å². The number of Topliss-reactive ketones (excluding diaryl/α,β-unsaturated/α-hetero) is 2. The highest BCUT2D eigenvalue weighted by Gasteiger charge is 2.54. The van der Waals surface area contributed by atoms with Crippen molar-refractivity contribution in [1.82, 2.24) is 15.3 Å². The van der Waals surface area contributed by atoms with E-state index in [1.165, 1.54) is 35.6 Å². The Morgan fingerprint density at radius 2 is 1.69 bits per heavy atom.